The summed E-state index contributed by atoms with van der Waals surface area (Å²) in [6, 6.07) is 7.89. The quantitative estimate of drug-likeness (QED) is 0.310. The van der Waals surface area contributed by atoms with Crippen molar-refractivity contribution in [3.63, 3.8) is 0 Å². The van der Waals surface area contributed by atoms with Crippen LogP contribution in [0, 0.1) is 5.92 Å². The third kappa shape index (κ3) is 7.60. The van der Waals surface area contributed by atoms with Crippen LogP contribution in [-0.4, -0.2) is 22.5 Å². The normalized spacial score (nSPS) is 13.1. The van der Waals surface area contributed by atoms with Gasteiger partial charge in [0, 0.05) is 18.0 Å². The van der Waals surface area contributed by atoms with E-state index in [1.807, 2.05) is 43.6 Å². The smallest absolute Gasteiger partial charge is 0.313 e. The number of carbonyl (C=O) groups excluding carboxylic acids is 1. The van der Waals surface area contributed by atoms with E-state index in [1.165, 1.54) is 37.7 Å². The number of nitrogens with zero attached hydrogens (tertiary/aromatic N) is 2. The molecule has 0 aliphatic rings. The van der Waals surface area contributed by atoms with Crippen LogP contribution in [0.3, 0.4) is 0 Å². The van der Waals surface area contributed by atoms with Gasteiger partial charge in [0.15, 0.2) is 5.82 Å². The lowest BCUT2D eigenvalue weighted by molar-refractivity contribution is -0.146. The van der Waals surface area contributed by atoms with Gasteiger partial charge in [-0.05, 0) is 36.8 Å². The molecule has 2 atom stereocenters. The number of unbranched alkanes of at least 4 members (excludes halogenated alkanes) is 4. The predicted molar refractivity (Wildman–Crippen MR) is 119 cm³/mol. The molecule has 0 bridgehead atoms. The maximum absolute atomic E-state index is 12.3. The van der Waals surface area contributed by atoms with Crippen molar-refractivity contribution in [2.45, 2.75) is 78.6 Å². The van der Waals surface area contributed by atoms with Gasteiger partial charge in [-0.3, -0.25) is 4.79 Å². The van der Waals surface area contributed by atoms with Crippen LogP contribution >= 0.6 is 0 Å². The predicted octanol–water partition coefficient (Wildman–Crippen LogP) is 6.35. The minimum Gasteiger partial charge on any atom is -0.465 e. The fourth-order valence-corrected chi connectivity index (χ4v) is 3.09. The highest BCUT2D eigenvalue weighted by atomic mass is 16.5. The average molecular weight is 397 g/mol. The first-order valence-corrected chi connectivity index (χ1v) is 11.1. The number of benzene rings is 1. The van der Waals surface area contributed by atoms with Gasteiger partial charge in [-0.1, -0.05) is 77.1 Å². The lowest BCUT2D eigenvalue weighted by atomic mass is 9.99. The van der Waals surface area contributed by atoms with Crippen molar-refractivity contribution in [1.29, 1.82) is 0 Å². The van der Waals surface area contributed by atoms with Gasteiger partial charge < -0.3 is 4.74 Å². The number of esters is 1. The second-order valence-electron chi connectivity index (χ2n) is 8.07. The molecule has 2 aromatic rings. The molecular formula is C25H36N2O2. The summed E-state index contributed by atoms with van der Waals surface area (Å²) in [5.41, 5.74) is 3.11. The topological polar surface area (TPSA) is 52.1 Å². The fraction of sp³-hybridized carbons (Fsp3) is 0.560. The van der Waals surface area contributed by atoms with Gasteiger partial charge in [0.05, 0.1) is 12.5 Å². The van der Waals surface area contributed by atoms with E-state index in [-0.39, 0.29) is 11.9 Å². The monoisotopic (exact) mass is 396 g/mol. The lowest BCUT2D eigenvalue weighted by Crippen LogP contribution is -2.16. The van der Waals surface area contributed by atoms with Gasteiger partial charge in [-0.2, -0.15) is 0 Å². The van der Waals surface area contributed by atoms with Gasteiger partial charge in [0.2, 0.25) is 0 Å². The van der Waals surface area contributed by atoms with Gasteiger partial charge in [0.25, 0.3) is 0 Å². The molecule has 0 N–H and O–H groups in total. The van der Waals surface area contributed by atoms with Crippen LogP contribution in [0.2, 0.25) is 0 Å². The standard InChI is InChI=1S/C25H36N2O2/c1-5-7-8-9-10-11-21-16-26-24(27-17-21)23-14-12-22(13-15-23)20(4)25(28)29-18-19(3)6-2/h12-17,19-20H,5-11,18H2,1-4H3/t19?,20-/m1/s1. The first-order valence-electron chi connectivity index (χ1n) is 11.1. The summed E-state index contributed by atoms with van der Waals surface area (Å²) in [5.74, 6) is 0.671. The Morgan fingerprint density at radius 1 is 0.966 bits per heavy atom. The van der Waals surface area contributed by atoms with Crippen molar-refractivity contribution in [3.8, 4) is 11.4 Å². The van der Waals surface area contributed by atoms with Crippen LogP contribution in [0.5, 0.6) is 0 Å². The minimum absolute atomic E-state index is 0.169. The van der Waals surface area contributed by atoms with E-state index in [4.69, 9.17) is 4.74 Å². The Bertz CT molecular complexity index is 725. The van der Waals surface area contributed by atoms with Crippen molar-refractivity contribution >= 4 is 5.97 Å². The number of hydrogen-bond donors (Lipinski definition) is 0. The van der Waals surface area contributed by atoms with Gasteiger partial charge in [-0.15, -0.1) is 0 Å². The summed E-state index contributed by atoms with van der Waals surface area (Å²) in [7, 11) is 0. The number of carbonyl (C=O) groups is 1. The number of aryl methyl sites for hydroxylation is 1. The third-order valence-corrected chi connectivity index (χ3v) is 5.50. The maximum Gasteiger partial charge on any atom is 0.313 e. The zero-order valence-corrected chi connectivity index (χ0v) is 18.5. The van der Waals surface area contributed by atoms with Crippen LogP contribution in [0.1, 0.15) is 83.3 Å². The van der Waals surface area contributed by atoms with Gasteiger partial charge in [0.1, 0.15) is 0 Å². The summed E-state index contributed by atoms with van der Waals surface area (Å²) in [6.45, 7) is 8.79. The molecule has 4 nitrogen and oxygen atoms in total. The molecular weight excluding hydrogens is 360 g/mol. The second-order valence-corrected chi connectivity index (χ2v) is 8.07. The van der Waals surface area contributed by atoms with E-state index in [9.17, 15) is 4.79 Å². The van der Waals surface area contributed by atoms with E-state index in [2.05, 4.69) is 30.7 Å². The van der Waals surface area contributed by atoms with Crippen molar-refractivity contribution in [1.82, 2.24) is 9.97 Å². The van der Waals surface area contributed by atoms with Gasteiger partial charge >= 0.3 is 5.97 Å². The molecule has 29 heavy (non-hydrogen) atoms. The van der Waals surface area contributed by atoms with E-state index < -0.39 is 0 Å². The van der Waals surface area contributed by atoms with Crippen LogP contribution in [-0.2, 0) is 16.0 Å². The van der Waals surface area contributed by atoms with Crippen molar-refractivity contribution in [2.24, 2.45) is 5.92 Å². The molecule has 0 amide bonds. The van der Waals surface area contributed by atoms with Crippen LogP contribution in [0.15, 0.2) is 36.7 Å². The molecule has 0 saturated heterocycles. The molecule has 158 valence electrons. The number of ether oxygens (including phenoxy) is 1. The van der Waals surface area contributed by atoms with E-state index in [0.29, 0.717) is 12.5 Å². The number of rotatable bonds is 12. The SMILES string of the molecule is CCCCCCCc1cnc(-c2ccc([C@@H](C)C(=O)OCC(C)CC)cc2)nc1. The Morgan fingerprint density at radius 3 is 2.24 bits per heavy atom. The summed E-state index contributed by atoms with van der Waals surface area (Å²) < 4.78 is 5.43. The number of hydrogen-bond acceptors (Lipinski definition) is 4. The fourth-order valence-electron chi connectivity index (χ4n) is 3.09. The highest BCUT2D eigenvalue weighted by Crippen LogP contribution is 2.22. The van der Waals surface area contributed by atoms with Crippen LogP contribution in [0.4, 0.5) is 0 Å². The third-order valence-electron chi connectivity index (χ3n) is 5.50. The second kappa shape index (κ2) is 12.4. The Morgan fingerprint density at radius 2 is 1.62 bits per heavy atom. The molecule has 0 radical (unpaired) electrons. The van der Waals surface area contributed by atoms with E-state index in [0.717, 1.165) is 29.8 Å². The zero-order valence-electron chi connectivity index (χ0n) is 18.5. The first-order chi connectivity index (χ1) is 14.0. The Kier molecular flexibility index (Phi) is 9.82. The van der Waals surface area contributed by atoms with Gasteiger partial charge in [-0.25, -0.2) is 9.97 Å². The summed E-state index contributed by atoms with van der Waals surface area (Å²) >= 11 is 0. The highest BCUT2D eigenvalue weighted by molar-refractivity contribution is 5.78. The Hall–Kier alpha value is -2.23. The Labute approximate surface area is 176 Å². The molecule has 0 saturated carbocycles. The van der Waals surface area contributed by atoms with Crippen LogP contribution < -0.4 is 0 Å². The molecule has 1 heterocycles. The zero-order chi connectivity index (χ0) is 21.1. The molecule has 4 heteroatoms. The van der Waals surface area contributed by atoms with Crippen molar-refractivity contribution < 1.29 is 9.53 Å². The molecule has 1 aromatic carbocycles. The Balaban J connectivity index is 1.89. The van der Waals surface area contributed by atoms with E-state index >= 15 is 0 Å². The molecule has 0 fully saturated rings. The average Bonchev–Trinajstić information content (AvgIpc) is 2.77. The molecule has 0 aliphatic heterocycles. The maximum atomic E-state index is 12.3. The summed E-state index contributed by atoms with van der Waals surface area (Å²) in [4.78, 5) is 21.3. The molecule has 0 spiro atoms. The highest BCUT2D eigenvalue weighted by Gasteiger charge is 2.17. The molecule has 0 aliphatic carbocycles. The summed E-state index contributed by atoms with van der Waals surface area (Å²) in [6.07, 6.45) is 12.3. The van der Waals surface area contributed by atoms with Crippen molar-refractivity contribution in [3.05, 3.63) is 47.8 Å². The first kappa shape index (κ1) is 23.1. The van der Waals surface area contributed by atoms with E-state index in [1.54, 1.807) is 0 Å². The molecule has 2 rings (SSSR count). The lowest BCUT2D eigenvalue weighted by Gasteiger charge is -2.14. The molecule has 1 unspecified atom stereocenters. The minimum atomic E-state index is -0.274. The molecule has 1 aromatic heterocycles. The van der Waals surface area contributed by atoms with Crippen LogP contribution in [0.25, 0.3) is 11.4 Å². The number of aromatic nitrogens is 2. The largest absolute Gasteiger partial charge is 0.465 e. The summed E-state index contributed by atoms with van der Waals surface area (Å²) in [5, 5.41) is 0. The van der Waals surface area contributed by atoms with Crippen molar-refractivity contribution in [2.75, 3.05) is 6.61 Å².